The molecule has 160 valence electrons. The number of rotatable bonds is 10. The monoisotopic (exact) mass is 427 g/mol. The van der Waals surface area contributed by atoms with Crippen molar-refractivity contribution < 1.29 is 14.3 Å². The second-order valence-corrected chi connectivity index (χ2v) is 8.33. The van der Waals surface area contributed by atoms with E-state index in [-0.39, 0.29) is 5.91 Å². The molecular formula is C23H29N3O3S. The number of fused-ring (bicyclic) bond motifs is 1. The lowest BCUT2D eigenvalue weighted by Crippen LogP contribution is -2.36. The van der Waals surface area contributed by atoms with Crippen LogP contribution in [0.3, 0.4) is 0 Å². The molecule has 6 nitrogen and oxygen atoms in total. The first kappa shape index (κ1) is 22.1. The molecule has 0 bridgehead atoms. The fourth-order valence-electron chi connectivity index (χ4n) is 2.93. The molecule has 3 rings (SSSR count). The number of hydrogen-bond donors (Lipinski definition) is 0. The zero-order valence-corrected chi connectivity index (χ0v) is 18.9. The molecule has 0 aliphatic heterocycles. The molecule has 0 saturated carbocycles. The van der Waals surface area contributed by atoms with Gasteiger partial charge in [-0.05, 0) is 56.9 Å². The molecule has 0 atom stereocenters. The van der Waals surface area contributed by atoms with Gasteiger partial charge < -0.3 is 14.4 Å². The molecule has 0 spiro atoms. The maximum Gasteiger partial charge on any atom is 0.260 e. The summed E-state index contributed by atoms with van der Waals surface area (Å²) >= 11 is 1.49. The van der Waals surface area contributed by atoms with Gasteiger partial charge in [0.05, 0.1) is 23.9 Å². The van der Waals surface area contributed by atoms with Crippen LogP contribution in [0.1, 0.15) is 30.1 Å². The third-order valence-electron chi connectivity index (χ3n) is 4.68. The minimum atomic E-state index is -0.0798. The van der Waals surface area contributed by atoms with Gasteiger partial charge in [0.1, 0.15) is 11.5 Å². The number of unbranched alkanes of at least 4 members (excludes halogenated alkanes) is 1. The first-order valence-corrected chi connectivity index (χ1v) is 11.0. The van der Waals surface area contributed by atoms with Gasteiger partial charge in [-0.25, -0.2) is 4.98 Å². The Hall–Kier alpha value is -2.64. The van der Waals surface area contributed by atoms with E-state index in [1.54, 1.807) is 12.0 Å². The van der Waals surface area contributed by atoms with Crippen LogP contribution in [-0.2, 0) is 0 Å². The predicted octanol–water partition coefficient (Wildman–Crippen LogP) is 4.69. The van der Waals surface area contributed by atoms with Crippen molar-refractivity contribution in [1.82, 2.24) is 9.88 Å². The average Bonchev–Trinajstić information content (AvgIpc) is 3.16. The fourth-order valence-corrected chi connectivity index (χ4v) is 3.95. The molecule has 0 unspecified atom stereocenters. The molecule has 30 heavy (non-hydrogen) atoms. The van der Waals surface area contributed by atoms with Crippen LogP contribution in [0.15, 0.2) is 42.5 Å². The normalized spacial score (nSPS) is 11.1. The van der Waals surface area contributed by atoms with Gasteiger partial charge in [0.2, 0.25) is 0 Å². The summed E-state index contributed by atoms with van der Waals surface area (Å²) in [6, 6.07) is 13.2. The summed E-state index contributed by atoms with van der Waals surface area (Å²) in [5, 5.41) is 0.683. The van der Waals surface area contributed by atoms with E-state index in [1.165, 1.54) is 11.3 Å². The van der Waals surface area contributed by atoms with Crippen molar-refractivity contribution in [3.63, 3.8) is 0 Å². The van der Waals surface area contributed by atoms with Crippen LogP contribution in [0.5, 0.6) is 11.5 Å². The summed E-state index contributed by atoms with van der Waals surface area (Å²) in [6.07, 6.45) is 2.06. The Kier molecular flexibility index (Phi) is 7.65. The van der Waals surface area contributed by atoms with Gasteiger partial charge >= 0.3 is 0 Å². The largest absolute Gasteiger partial charge is 0.497 e. The number of nitrogens with zero attached hydrogens (tertiary/aromatic N) is 3. The second kappa shape index (κ2) is 10.4. The van der Waals surface area contributed by atoms with Crippen LogP contribution < -0.4 is 14.4 Å². The lowest BCUT2D eigenvalue weighted by Gasteiger charge is -2.22. The zero-order chi connectivity index (χ0) is 21.5. The van der Waals surface area contributed by atoms with E-state index in [9.17, 15) is 4.79 Å². The molecule has 7 heteroatoms. The maximum absolute atomic E-state index is 13.4. The molecule has 0 fully saturated rings. The highest BCUT2D eigenvalue weighted by molar-refractivity contribution is 7.22. The summed E-state index contributed by atoms with van der Waals surface area (Å²) in [7, 11) is 5.63. The van der Waals surface area contributed by atoms with Gasteiger partial charge in [-0.3, -0.25) is 9.69 Å². The smallest absolute Gasteiger partial charge is 0.260 e. The van der Waals surface area contributed by atoms with Crippen molar-refractivity contribution in [2.75, 3.05) is 45.8 Å². The summed E-state index contributed by atoms with van der Waals surface area (Å²) in [4.78, 5) is 22.0. The van der Waals surface area contributed by atoms with E-state index < -0.39 is 0 Å². The Balaban J connectivity index is 1.89. The van der Waals surface area contributed by atoms with E-state index in [4.69, 9.17) is 14.5 Å². The van der Waals surface area contributed by atoms with E-state index in [0.29, 0.717) is 23.8 Å². The highest BCUT2D eigenvalue weighted by Gasteiger charge is 2.22. The number of amides is 1. The number of methoxy groups -OCH3 is 1. The third-order valence-corrected chi connectivity index (χ3v) is 5.72. The van der Waals surface area contributed by atoms with Crippen molar-refractivity contribution >= 4 is 32.6 Å². The fraction of sp³-hybridized carbons (Fsp3) is 0.391. The van der Waals surface area contributed by atoms with Gasteiger partial charge in [0.15, 0.2) is 5.13 Å². The van der Waals surface area contributed by atoms with Crippen LogP contribution in [0.4, 0.5) is 5.13 Å². The number of ether oxygens (including phenoxy) is 2. The highest BCUT2D eigenvalue weighted by atomic mass is 32.1. The number of carbonyl (C=O) groups excluding carboxylic acids is 1. The molecule has 0 N–H and O–H groups in total. The van der Waals surface area contributed by atoms with Gasteiger partial charge in [-0.15, -0.1) is 0 Å². The molecule has 2 aromatic carbocycles. The Bertz CT molecular complexity index is 987. The van der Waals surface area contributed by atoms with Gasteiger partial charge in [-0.1, -0.05) is 30.7 Å². The number of anilines is 1. The van der Waals surface area contributed by atoms with Crippen molar-refractivity contribution in [2.24, 2.45) is 0 Å². The zero-order valence-electron chi connectivity index (χ0n) is 18.1. The van der Waals surface area contributed by atoms with E-state index in [2.05, 4.69) is 11.8 Å². The number of aromatic nitrogens is 1. The highest BCUT2D eigenvalue weighted by Crippen LogP contribution is 2.32. The topological polar surface area (TPSA) is 54.9 Å². The van der Waals surface area contributed by atoms with E-state index in [0.717, 1.165) is 41.1 Å². The summed E-state index contributed by atoms with van der Waals surface area (Å²) < 4.78 is 12.1. The number of benzene rings is 2. The van der Waals surface area contributed by atoms with Crippen LogP contribution in [0.25, 0.3) is 10.2 Å². The average molecular weight is 428 g/mol. The minimum Gasteiger partial charge on any atom is -0.497 e. The van der Waals surface area contributed by atoms with Gasteiger partial charge in [0.25, 0.3) is 5.91 Å². The second-order valence-electron chi connectivity index (χ2n) is 7.32. The molecule has 0 saturated heterocycles. The van der Waals surface area contributed by atoms with E-state index >= 15 is 0 Å². The molecule has 0 aliphatic carbocycles. The predicted molar refractivity (Wildman–Crippen MR) is 123 cm³/mol. The van der Waals surface area contributed by atoms with E-state index in [1.807, 2.05) is 56.6 Å². The van der Waals surface area contributed by atoms with Crippen molar-refractivity contribution in [2.45, 2.75) is 19.8 Å². The van der Waals surface area contributed by atoms with Crippen LogP contribution in [0, 0.1) is 0 Å². The molecule has 0 aliphatic rings. The lowest BCUT2D eigenvalue weighted by atomic mass is 10.2. The molecule has 1 aromatic heterocycles. The number of hydrogen-bond acceptors (Lipinski definition) is 6. The Morgan fingerprint density at radius 2 is 1.93 bits per heavy atom. The summed E-state index contributed by atoms with van der Waals surface area (Å²) in [5.41, 5.74) is 1.45. The van der Waals surface area contributed by atoms with Crippen LogP contribution in [-0.4, -0.2) is 56.7 Å². The summed E-state index contributed by atoms with van der Waals surface area (Å²) in [5.74, 6) is 1.42. The molecule has 1 amide bonds. The van der Waals surface area contributed by atoms with Gasteiger partial charge in [0, 0.05) is 18.7 Å². The summed E-state index contributed by atoms with van der Waals surface area (Å²) in [6.45, 7) is 4.05. The standard InChI is InChI=1S/C23H29N3O3S/c1-5-6-14-29-19-9-7-8-17(15-19)22(27)26(13-12-25(2)3)23-24-20-11-10-18(28-4)16-21(20)30-23/h7-11,15-16H,5-6,12-14H2,1-4H3. The first-order valence-electron chi connectivity index (χ1n) is 10.2. The Labute approximate surface area is 182 Å². The van der Waals surface area contributed by atoms with Crippen LogP contribution >= 0.6 is 11.3 Å². The maximum atomic E-state index is 13.4. The van der Waals surface area contributed by atoms with Crippen molar-refractivity contribution in [1.29, 1.82) is 0 Å². The molecule has 1 heterocycles. The number of likely N-dealkylation sites (N-methyl/N-ethyl adjacent to an activating group) is 1. The first-order chi connectivity index (χ1) is 14.5. The minimum absolute atomic E-state index is 0.0798. The van der Waals surface area contributed by atoms with Gasteiger partial charge in [-0.2, -0.15) is 0 Å². The molecular weight excluding hydrogens is 398 g/mol. The van der Waals surface area contributed by atoms with Crippen molar-refractivity contribution in [3.05, 3.63) is 48.0 Å². The lowest BCUT2D eigenvalue weighted by molar-refractivity contribution is 0.0984. The Morgan fingerprint density at radius 3 is 2.67 bits per heavy atom. The SMILES string of the molecule is CCCCOc1cccc(C(=O)N(CCN(C)C)c2nc3ccc(OC)cc3s2)c1. The molecule has 0 radical (unpaired) electrons. The third kappa shape index (κ3) is 5.49. The quantitative estimate of drug-likeness (QED) is 0.439. The number of carbonyl (C=O) groups is 1. The Morgan fingerprint density at radius 1 is 1.10 bits per heavy atom. The van der Waals surface area contributed by atoms with Crippen molar-refractivity contribution in [3.8, 4) is 11.5 Å². The van der Waals surface area contributed by atoms with Crippen LogP contribution in [0.2, 0.25) is 0 Å². The number of thiazole rings is 1. The molecule has 3 aromatic rings.